The van der Waals surface area contributed by atoms with Crippen LogP contribution in [0.15, 0.2) is 53.6 Å². The van der Waals surface area contributed by atoms with E-state index in [0.29, 0.717) is 11.8 Å². The molecule has 0 aliphatic rings. The molecule has 2 aromatic heterocycles. The van der Waals surface area contributed by atoms with Crippen molar-refractivity contribution in [3.05, 3.63) is 81.1 Å². The number of hydrogen-bond acceptors (Lipinski definition) is 4. The third-order valence-electron chi connectivity index (χ3n) is 3.64. The van der Waals surface area contributed by atoms with Crippen LogP contribution < -0.4 is 10.9 Å². The van der Waals surface area contributed by atoms with E-state index < -0.39 is 23.1 Å². The fraction of sp³-hybridized carbons (Fsp3) is 0.118. The van der Waals surface area contributed by atoms with Gasteiger partial charge in [0.15, 0.2) is 5.82 Å². The molecule has 2 heterocycles. The van der Waals surface area contributed by atoms with Crippen LogP contribution in [-0.2, 0) is 12.7 Å². The van der Waals surface area contributed by atoms with Gasteiger partial charge in [-0.3, -0.25) is 4.79 Å². The molecule has 0 radical (unpaired) electrons. The highest BCUT2D eigenvalue weighted by atomic mass is 35.5. The summed E-state index contributed by atoms with van der Waals surface area (Å²) in [6.45, 7) is 0.0655. The zero-order valence-corrected chi connectivity index (χ0v) is 14.2. The minimum absolute atomic E-state index is 0.0655. The average Bonchev–Trinajstić information content (AvgIpc) is 2.63. The normalized spacial score (nSPS) is 11.4. The van der Waals surface area contributed by atoms with Gasteiger partial charge in [-0.1, -0.05) is 29.8 Å². The molecule has 5 nitrogen and oxygen atoms in total. The van der Waals surface area contributed by atoms with Crippen LogP contribution in [0.2, 0.25) is 5.02 Å². The van der Waals surface area contributed by atoms with Crippen LogP contribution in [0.1, 0.15) is 11.1 Å². The first-order valence-corrected chi connectivity index (χ1v) is 7.94. The molecule has 27 heavy (non-hydrogen) atoms. The molecule has 0 saturated heterocycles. The smallest absolute Gasteiger partial charge is 0.378 e. The standard InChI is InChI=1S/C17H11ClF4N4O/c18-15-13(23-7-10-3-1-2-4-12(10)19)9-25-26(16(15)27)14-6-5-11(8-24-14)17(20,21)22/h1-6,8-9,23H,7H2. The molecule has 1 N–H and O–H groups in total. The van der Waals surface area contributed by atoms with Crippen LogP contribution in [-0.4, -0.2) is 14.8 Å². The number of alkyl halides is 3. The summed E-state index contributed by atoms with van der Waals surface area (Å²) < 4.78 is 52.2. The first-order valence-electron chi connectivity index (χ1n) is 7.56. The third kappa shape index (κ3) is 4.08. The van der Waals surface area contributed by atoms with Gasteiger partial charge in [0.05, 0.1) is 17.4 Å². The van der Waals surface area contributed by atoms with Gasteiger partial charge in [0.1, 0.15) is 10.8 Å². The zero-order chi connectivity index (χ0) is 19.6. The first kappa shape index (κ1) is 18.8. The molecule has 10 heteroatoms. The molecule has 0 atom stereocenters. The molecule has 140 valence electrons. The van der Waals surface area contributed by atoms with E-state index in [1.807, 2.05) is 0 Å². The van der Waals surface area contributed by atoms with Crippen LogP contribution >= 0.6 is 11.6 Å². The number of anilines is 1. The summed E-state index contributed by atoms with van der Waals surface area (Å²) in [7, 11) is 0. The van der Waals surface area contributed by atoms with Gasteiger partial charge < -0.3 is 5.32 Å². The Labute approximate surface area is 155 Å². The molecule has 0 aliphatic carbocycles. The van der Waals surface area contributed by atoms with Crippen molar-refractivity contribution in [3.8, 4) is 5.82 Å². The van der Waals surface area contributed by atoms with Crippen LogP contribution in [0.4, 0.5) is 23.2 Å². The number of nitrogens with one attached hydrogen (secondary N) is 1. The van der Waals surface area contributed by atoms with Crippen molar-refractivity contribution < 1.29 is 17.6 Å². The molecule has 3 aromatic rings. The minimum atomic E-state index is -4.54. The molecule has 1 aromatic carbocycles. The average molecular weight is 399 g/mol. The number of pyridine rings is 1. The Hall–Kier alpha value is -2.94. The number of hydrogen-bond donors (Lipinski definition) is 1. The van der Waals surface area contributed by atoms with Gasteiger partial charge in [-0.15, -0.1) is 0 Å². The van der Waals surface area contributed by atoms with E-state index >= 15 is 0 Å². The summed E-state index contributed by atoms with van der Waals surface area (Å²) in [5.41, 5.74) is -1.20. The second kappa shape index (κ2) is 7.36. The van der Waals surface area contributed by atoms with Crippen LogP contribution in [0.3, 0.4) is 0 Å². The number of halogens is 5. The Morgan fingerprint density at radius 2 is 1.85 bits per heavy atom. The highest BCUT2D eigenvalue weighted by molar-refractivity contribution is 6.32. The third-order valence-corrected chi connectivity index (χ3v) is 4.00. The lowest BCUT2D eigenvalue weighted by molar-refractivity contribution is -0.137. The molecule has 0 spiro atoms. The maximum absolute atomic E-state index is 13.6. The molecular weight excluding hydrogens is 388 g/mol. The lowest BCUT2D eigenvalue weighted by Crippen LogP contribution is -2.23. The predicted molar refractivity (Wildman–Crippen MR) is 91.4 cm³/mol. The predicted octanol–water partition coefficient (Wildman–Crippen LogP) is 4.05. The van der Waals surface area contributed by atoms with Gasteiger partial charge in [-0.25, -0.2) is 9.37 Å². The van der Waals surface area contributed by atoms with Crippen molar-refractivity contribution in [2.24, 2.45) is 0 Å². The van der Waals surface area contributed by atoms with Crippen LogP contribution in [0, 0.1) is 5.82 Å². The van der Waals surface area contributed by atoms with Crippen molar-refractivity contribution in [2.75, 3.05) is 5.32 Å². The van der Waals surface area contributed by atoms with Crippen LogP contribution in [0.5, 0.6) is 0 Å². The summed E-state index contributed by atoms with van der Waals surface area (Å²) in [5.74, 6) is -0.535. The fourth-order valence-electron chi connectivity index (χ4n) is 2.23. The maximum Gasteiger partial charge on any atom is 0.417 e. The Morgan fingerprint density at radius 1 is 1.11 bits per heavy atom. The minimum Gasteiger partial charge on any atom is -0.378 e. The highest BCUT2D eigenvalue weighted by Crippen LogP contribution is 2.28. The van der Waals surface area contributed by atoms with E-state index in [1.165, 1.54) is 12.3 Å². The summed E-state index contributed by atoms with van der Waals surface area (Å²) in [6, 6.07) is 7.87. The largest absolute Gasteiger partial charge is 0.417 e. The van der Waals surface area contributed by atoms with E-state index in [9.17, 15) is 22.4 Å². The SMILES string of the molecule is O=c1c(Cl)c(NCc2ccccc2F)cnn1-c1ccc(C(F)(F)F)cn1. The number of benzene rings is 1. The Balaban J connectivity index is 1.85. The van der Waals surface area contributed by atoms with Gasteiger partial charge in [0, 0.05) is 18.3 Å². The van der Waals surface area contributed by atoms with Crippen molar-refractivity contribution in [1.29, 1.82) is 0 Å². The van der Waals surface area contributed by atoms with E-state index in [2.05, 4.69) is 15.4 Å². The van der Waals surface area contributed by atoms with E-state index in [0.717, 1.165) is 16.8 Å². The second-order valence-corrected chi connectivity index (χ2v) is 5.81. The molecule has 3 rings (SSSR count). The molecule has 0 unspecified atom stereocenters. The Morgan fingerprint density at radius 3 is 2.48 bits per heavy atom. The number of aromatic nitrogens is 3. The van der Waals surface area contributed by atoms with Crippen molar-refractivity contribution in [3.63, 3.8) is 0 Å². The summed E-state index contributed by atoms with van der Waals surface area (Å²) >= 11 is 6.02. The summed E-state index contributed by atoms with van der Waals surface area (Å²) in [4.78, 5) is 15.9. The van der Waals surface area contributed by atoms with Crippen molar-refractivity contribution >= 4 is 17.3 Å². The van der Waals surface area contributed by atoms with Crippen LogP contribution in [0.25, 0.3) is 5.82 Å². The summed E-state index contributed by atoms with van der Waals surface area (Å²) in [5, 5.41) is 6.41. The lowest BCUT2D eigenvalue weighted by atomic mass is 10.2. The highest BCUT2D eigenvalue weighted by Gasteiger charge is 2.30. The van der Waals surface area contributed by atoms with Gasteiger partial charge in [0.2, 0.25) is 0 Å². The van der Waals surface area contributed by atoms with Gasteiger partial charge in [-0.05, 0) is 18.2 Å². The quantitative estimate of drug-likeness (QED) is 0.674. The monoisotopic (exact) mass is 398 g/mol. The first-order chi connectivity index (χ1) is 12.8. The molecule has 0 amide bonds. The Bertz CT molecular complexity index is 1020. The maximum atomic E-state index is 13.6. The van der Waals surface area contributed by atoms with Crippen molar-refractivity contribution in [2.45, 2.75) is 12.7 Å². The van der Waals surface area contributed by atoms with E-state index in [-0.39, 0.29) is 23.1 Å². The number of rotatable bonds is 4. The zero-order valence-electron chi connectivity index (χ0n) is 13.5. The molecule has 0 fully saturated rings. The Kier molecular flexibility index (Phi) is 5.13. The molecule has 0 saturated carbocycles. The van der Waals surface area contributed by atoms with E-state index in [1.54, 1.807) is 18.2 Å². The molecule has 0 bridgehead atoms. The second-order valence-electron chi connectivity index (χ2n) is 5.44. The molecular formula is C17H11ClF4N4O. The van der Waals surface area contributed by atoms with E-state index in [4.69, 9.17) is 11.6 Å². The van der Waals surface area contributed by atoms with Crippen molar-refractivity contribution in [1.82, 2.24) is 14.8 Å². The number of nitrogens with zero attached hydrogens (tertiary/aromatic N) is 3. The van der Waals surface area contributed by atoms with Gasteiger partial charge in [-0.2, -0.15) is 23.0 Å². The summed E-state index contributed by atoms with van der Waals surface area (Å²) in [6.07, 6.45) is -2.73. The fourth-order valence-corrected chi connectivity index (χ4v) is 2.43. The van der Waals surface area contributed by atoms with Gasteiger partial charge in [0.25, 0.3) is 5.56 Å². The lowest BCUT2D eigenvalue weighted by Gasteiger charge is -2.11. The topological polar surface area (TPSA) is 59.8 Å². The van der Waals surface area contributed by atoms with Gasteiger partial charge >= 0.3 is 6.18 Å². The molecule has 0 aliphatic heterocycles.